The van der Waals surface area contributed by atoms with Crippen molar-refractivity contribution in [1.29, 1.82) is 5.26 Å². The van der Waals surface area contributed by atoms with Gasteiger partial charge in [0, 0.05) is 121 Å². The number of para-hydroxylation sites is 2. The Hall–Kier alpha value is -15.8. The molecule has 0 radical (unpaired) electrons. The number of aromatic nitrogens is 6. The number of aliphatic hydroxyl groups excluding tert-OH is 1. The number of Topliss-reactive ketones (excluding diaryl/α,β-unsaturated/α-hetero) is 2. The van der Waals surface area contributed by atoms with E-state index in [4.69, 9.17) is 34.2 Å². The summed E-state index contributed by atoms with van der Waals surface area (Å²) in [5, 5.41) is 63.1. The van der Waals surface area contributed by atoms with Gasteiger partial charge in [-0.1, -0.05) is 157 Å². The maximum absolute atomic E-state index is 13.1. The van der Waals surface area contributed by atoms with E-state index in [2.05, 4.69) is 122 Å². The van der Waals surface area contributed by atoms with Crippen molar-refractivity contribution in [2.45, 2.75) is 99.5 Å². The minimum absolute atomic E-state index is 0.0439. The van der Waals surface area contributed by atoms with Crippen LogP contribution < -0.4 is 49.9 Å². The molecule has 37 heteroatoms. The molecular formula is C103H101F2N15O17S3. The number of rotatable bonds is 27. The van der Waals surface area contributed by atoms with Gasteiger partial charge in [-0.15, -0.1) is 10.2 Å². The molecule has 5 heterocycles. The van der Waals surface area contributed by atoms with Crippen molar-refractivity contribution in [2.75, 3.05) is 87.3 Å². The maximum atomic E-state index is 13.1. The number of aliphatic hydroxyl groups is 1. The van der Waals surface area contributed by atoms with Gasteiger partial charge in [-0.3, -0.25) is 53.7 Å². The summed E-state index contributed by atoms with van der Waals surface area (Å²) in [4.78, 5) is 100. The topological polar surface area (TPSA) is 426 Å². The quantitative estimate of drug-likeness (QED) is 0.00529. The Balaban J connectivity index is 0.000000151. The van der Waals surface area contributed by atoms with Crippen LogP contribution in [0.5, 0.6) is 28.7 Å². The number of piperazine rings is 1. The SMILES string of the molecule is CC(=O)c1cccc(CC(=O)C(=O)Nc2cccc3ccccc23)c1.COc1cc2c(cc1OC)C(NC(=O)C(C)(F)F)C/C2=N\O.COc1ccc(N2CCN(CCC3Oc4cc([N+](=O)[O-])ccc4NC3=O)CC2)cc1.Cc1ccccc1C(=O)Nc1nnc(SC(C)C)s1.Cc1nccc(-c2ccc(-n3cnc4ccccc43)cc2)n1.N#Cc1ccc(OCC(O)CS(=O)(=O)c2ccccc2)cc1. The van der Waals surface area contributed by atoms with Crippen LogP contribution in [-0.4, -0.2) is 189 Å². The molecular weight excluding hydrogens is 1850 g/mol. The first-order chi connectivity index (χ1) is 67.3. The van der Waals surface area contributed by atoms with Gasteiger partial charge < -0.3 is 54.8 Å². The smallest absolute Gasteiger partial charge is 0.321 e. The molecule has 1 saturated heterocycles. The van der Waals surface area contributed by atoms with Crippen molar-refractivity contribution in [1.82, 2.24) is 39.9 Å². The Bertz CT molecular complexity index is 6920. The summed E-state index contributed by atoms with van der Waals surface area (Å²) in [6.07, 6.45) is 2.43. The van der Waals surface area contributed by atoms with Crippen LogP contribution in [0.25, 0.3) is 38.8 Å². The van der Waals surface area contributed by atoms with Crippen molar-refractivity contribution >= 4 is 124 Å². The number of nitrogens with zero attached hydrogens (tertiary/aromatic N) is 11. The summed E-state index contributed by atoms with van der Waals surface area (Å²) in [7, 11) is 0.998. The van der Waals surface area contributed by atoms with Gasteiger partial charge in [0.05, 0.1) is 88.8 Å². The molecule has 140 heavy (non-hydrogen) atoms. The van der Waals surface area contributed by atoms with Gasteiger partial charge in [-0.25, -0.2) is 23.4 Å². The lowest BCUT2D eigenvalue weighted by molar-refractivity contribution is -0.384. The first-order valence-electron chi connectivity index (χ1n) is 44.0. The number of imidazole rings is 1. The van der Waals surface area contributed by atoms with Crippen molar-refractivity contribution in [3.63, 3.8) is 0 Å². The number of nitro benzene ring substituents is 1. The molecule has 722 valence electrons. The predicted molar refractivity (Wildman–Crippen MR) is 532 cm³/mol. The van der Waals surface area contributed by atoms with Gasteiger partial charge in [0.1, 0.15) is 36.4 Å². The van der Waals surface area contributed by atoms with Crippen molar-refractivity contribution < 1.29 is 84.9 Å². The predicted octanol–water partition coefficient (Wildman–Crippen LogP) is 17.6. The monoisotopic (exact) mass is 1950 g/mol. The number of ketones is 2. The number of aryl methyl sites for hydroxylation is 2. The number of ether oxygens (including phenoxy) is 5. The summed E-state index contributed by atoms with van der Waals surface area (Å²) in [6.45, 7) is 14.2. The molecule has 3 atom stereocenters. The van der Waals surface area contributed by atoms with Gasteiger partial charge in [-0.05, 0) is 170 Å². The fraction of sp³-hybridized carbons (Fsp3) is 0.233. The largest absolute Gasteiger partial charge is 0.497 e. The number of nitriles is 1. The van der Waals surface area contributed by atoms with Crippen LogP contribution in [0, 0.1) is 35.3 Å². The van der Waals surface area contributed by atoms with Crippen LogP contribution in [0.4, 0.5) is 36.7 Å². The fourth-order valence-corrected chi connectivity index (χ4v) is 18.1. The highest BCUT2D eigenvalue weighted by atomic mass is 32.2. The van der Waals surface area contributed by atoms with Gasteiger partial charge in [0.2, 0.25) is 10.9 Å². The standard InChI is InChI=1S/C21H24N4O5.C21H17NO3.C18H14N4.C16H15NO4S.C14H16F2N2O4.C13H15N3OS2/c1-29-17-5-2-15(3-6-17)24-12-10-23(11-13-24)9-8-19-21(26)22-18-7-4-16(25(27)28)14-20(18)30-19;1-14(23)17-9-4-6-15(12-17)13-20(24)21(25)22-19-11-5-8-16-7-2-3-10-18(16)19;1-13-19-11-10-16(21-13)14-6-8-15(9-7-14)22-12-20-17-4-2-3-5-18(17)22;17-10-13-6-8-15(9-7-13)21-11-14(18)12-22(19,20)16-4-2-1-3-5-16;1-14(15,16)13(19)17-9-6-10(18-20)8-5-12(22-3)11(21-2)4-7(8)9;1-8(2)18-13-16-15-12(19-13)14-11(17)10-7-5-4-6-9(10)3/h2-7,14,19H,8-13H2,1H3,(H,22,26);2-12H,13H2,1H3,(H,22,25);2-12H,1H3;1-9,14,18H,11-12H2;4-5,9,20H,6H2,1-3H3,(H,17,19);4-8H,1-3H3,(H,14,15,17)/b;;;;18-10+;. The highest BCUT2D eigenvalue weighted by molar-refractivity contribution is 8.01. The molecule has 2 aliphatic heterocycles. The first-order valence-corrected chi connectivity index (χ1v) is 47.4. The Morgan fingerprint density at radius 2 is 1.43 bits per heavy atom. The maximum Gasteiger partial charge on any atom is 0.321 e. The highest BCUT2D eigenvalue weighted by Gasteiger charge is 2.39. The molecule has 17 rings (SSSR count). The van der Waals surface area contributed by atoms with E-state index in [9.17, 15) is 61.2 Å². The molecule has 6 N–H and O–H groups in total. The summed E-state index contributed by atoms with van der Waals surface area (Å²) < 4.78 is 79.9. The second-order valence-corrected chi connectivity index (χ2v) is 37.1. The van der Waals surface area contributed by atoms with Crippen LogP contribution in [0.2, 0.25) is 0 Å². The molecule has 3 aliphatic rings. The number of amides is 4. The number of fused-ring (bicyclic) bond motifs is 4. The van der Waals surface area contributed by atoms with Crippen LogP contribution in [0.1, 0.15) is 101 Å². The second kappa shape index (κ2) is 48.8. The number of thioether (sulfide) groups is 1. The van der Waals surface area contributed by atoms with Gasteiger partial charge in [0.15, 0.2) is 43.3 Å². The van der Waals surface area contributed by atoms with E-state index in [-0.39, 0.29) is 53.3 Å². The number of hydrogen-bond acceptors (Lipinski definition) is 28. The number of hydrogen-bond donors (Lipinski definition) is 6. The lowest BCUT2D eigenvalue weighted by Gasteiger charge is -2.36. The van der Waals surface area contributed by atoms with Crippen molar-refractivity contribution in [2.24, 2.45) is 5.16 Å². The molecule has 3 aromatic heterocycles. The van der Waals surface area contributed by atoms with Crippen LogP contribution in [-0.2, 0) is 35.4 Å². The van der Waals surface area contributed by atoms with Gasteiger partial charge in [-0.2, -0.15) is 14.0 Å². The van der Waals surface area contributed by atoms with Crippen LogP contribution in [0.3, 0.4) is 0 Å². The van der Waals surface area contributed by atoms with E-state index in [1.54, 1.807) is 116 Å². The zero-order chi connectivity index (χ0) is 100. The third-order valence-electron chi connectivity index (χ3n) is 21.9. The van der Waals surface area contributed by atoms with Crippen LogP contribution >= 0.6 is 23.1 Å². The van der Waals surface area contributed by atoms with E-state index in [0.29, 0.717) is 91.5 Å². The third-order valence-corrected chi connectivity index (χ3v) is 25.7. The number of sulfone groups is 1. The zero-order valence-corrected chi connectivity index (χ0v) is 80.2. The van der Waals surface area contributed by atoms with Gasteiger partial charge in [0.25, 0.3) is 29.3 Å². The zero-order valence-electron chi connectivity index (χ0n) is 77.7. The van der Waals surface area contributed by atoms with E-state index < -0.39 is 62.3 Å². The van der Waals surface area contributed by atoms with Crippen LogP contribution in [0.15, 0.2) is 282 Å². The van der Waals surface area contributed by atoms with E-state index in [1.807, 2.05) is 117 Å². The minimum Gasteiger partial charge on any atom is -0.497 e. The molecule has 4 amide bonds. The normalized spacial score (nSPS) is 14.0. The molecule has 1 aliphatic carbocycles. The number of halogens is 2. The van der Waals surface area contributed by atoms with E-state index >= 15 is 0 Å². The number of nitro groups is 1. The fourth-order valence-electron chi connectivity index (χ4n) is 14.7. The van der Waals surface area contributed by atoms with Crippen molar-refractivity contribution in [3.05, 3.63) is 322 Å². The van der Waals surface area contributed by atoms with E-state index in [1.165, 1.54) is 68.5 Å². The Morgan fingerprint density at radius 3 is 2.11 bits per heavy atom. The summed E-state index contributed by atoms with van der Waals surface area (Å²) in [6, 6.07) is 76.8. The highest BCUT2D eigenvalue weighted by Crippen LogP contribution is 2.41. The molecule has 0 saturated carbocycles. The molecule has 3 unspecified atom stereocenters. The minimum atomic E-state index is -3.55. The Morgan fingerprint density at radius 1 is 0.757 bits per heavy atom. The number of methoxy groups -OCH3 is 3. The number of nitrogens with one attached hydrogen (secondary N) is 4. The Kier molecular flexibility index (Phi) is 36.0. The number of carbonyl (C=O) groups excluding carboxylic acids is 6. The third kappa shape index (κ3) is 28.5. The molecule has 1 fully saturated rings. The Labute approximate surface area is 814 Å². The first kappa shape index (κ1) is 103. The lowest BCUT2D eigenvalue weighted by atomic mass is 10.0. The summed E-state index contributed by atoms with van der Waals surface area (Å²) >= 11 is 3.04. The van der Waals surface area contributed by atoms with E-state index in [0.717, 1.165) is 93.0 Å². The number of non-ortho nitro benzene ring substituents is 1. The number of anilines is 4. The number of oxime groups is 1. The molecule has 32 nitrogen and oxygen atoms in total. The number of alkyl halides is 2. The second-order valence-electron chi connectivity index (χ2n) is 32.3. The molecule has 11 aromatic carbocycles. The van der Waals surface area contributed by atoms with Gasteiger partial charge >= 0.3 is 5.92 Å². The number of carbonyl (C=O) groups is 6. The molecule has 0 spiro atoms. The lowest BCUT2D eigenvalue weighted by Crippen LogP contribution is -2.48. The van der Waals surface area contributed by atoms with Crippen molar-refractivity contribution in [3.8, 4) is 51.8 Å². The average molecular weight is 1960 g/mol. The summed E-state index contributed by atoms with van der Waals surface area (Å²) in [5.41, 5.74) is 12.0. The molecule has 0 bridgehead atoms. The number of benzene rings is 11. The average Bonchev–Trinajstić information content (AvgIpc) is 1.61. The molecule has 14 aromatic rings. The summed E-state index contributed by atoms with van der Waals surface area (Å²) in [5.74, 6) is -3.69.